The summed E-state index contributed by atoms with van der Waals surface area (Å²) in [6.45, 7) is 1.47. The lowest BCUT2D eigenvalue weighted by molar-refractivity contribution is -0.139. The number of alkyl halides is 3. The van der Waals surface area contributed by atoms with Crippen molar-refractivity contribution in [3.8, 4) is 17.5 Å². The Kier molecular flexibility index (Phi) is 6.78. The van der Waals surface area contributed by atoms with E-state index in [0.717, 1.165) is 18.2 Å². The van der Waals surface area contributed by atoms with Gasteiger partial charge in [0.2, 0.25) is 5.91 Å². The van der Waals surface area contributed by atoms with Crippen molar-refractivity contribution in [2.24, 2.45) is 0 Å². The fourth-order valence-electron chi connectivity index (χ4n) is 4.98. The molecule has 2 heterocycles. The first-order valence-electron chi connectivity index (χ1n) is 12.5. The number of aromatic nitrogens is 2. The molecule has 2 fully saturated rings. The molecule has 2 aliphatic rings. The highest BCUT2D eigenvalue weighted by Gasteiger charge is 2.51. The van der Waals surface area contributed by atoms with Crippen molar-refractivity contribution < 1.29 is 31.1 Å². The summed E-state index contributed by atoms with van der Waals surface area (Å²) in [5.74, 6) is 0.354. The number of amides is 1. The molecular formula is C27H26F3N5O4S. The van der Waals surface area contributed by atoms with Crippen molar-refractivity contribution in [2.75, 3.05) is 18.6 Å². The summed E-state index contributed by atoms with van der Waals surface area (Å²) in [5, 5.41) is 15.4. The molecule has 5 rings (SSSR count). The molecule has 9 nitrogen and oxygen atoms in total. The smallest absolute Gasteiger partial charge is 0.417 e. The molecule has 0 unspecified atom stereocenters. The molecule has 1 aliphatic carbocycles. The van der Waals surface area contributed by atoms with E-state index < -0.39 is 49.2 Å². The molecule has 1 saturated heterocycles. The predicted molar refractivity (Wildman–Crippen MR) is 139 cm³/mol. The first-order valence-corrected chi connectivity index (χ1v) is 14.0. The van der Waals surface area contributed by atoms with Crippen molar-refractivity contribution in [1.82, 2.24) is 15.1 Å². The van der Waals surface area contributed by atoms with Crippen molar-refractivity contribution in [3.63, 3.8) is 0 Å². The Bertz CT molecular complexity index is 1610. The number of hydrogen-bond donors (Lipinski definition) is 1. The number of rotatable bonds is 7. The fourth-order valence-corrected chi connectivity index (χ4v) is 6.89. The SMILES string of the molecule is COc1cccc(-n2nc(C)cc2N2C[C@H](S(=O)(=O)c3ccccc3C(F)(F)F)C[C@H]2C(=O)NC2(C#N)CC2)c1. The maximum absolute atomic E-state index is 13.8. The largest absolute Gasteiger partial charge is 0.497 e. The lowest BCUT2D eigenvalue weighted by atomic mass is 10.1. The lowest BCUT2D eigenvalue weighted by Gasteiger charge is -2.27. The van der Waals surface area contributed by atoms with Gasteiger partial charge in [-0.2, -0.15) is 23.5 Å². The molecule has 1 aliphatic heterocycles. The van der Waals surface area contributed by atoms with E-state index in [1.807, 2.05) is 0 Å². The van der Waals surface area contributed by atoms with Crippen LogP contribution in [0.3, 0.4) is 0 Å². The van der Waals surface area contributed by atoms with E-state index in [1.165, 1.54) is 17.9 Å². The molecule has 1 N–H and O–H groups in total. The summed E-state index contributed by atoms with van der Waals surface area (Å²) in [5.41, 5.74) is -1.13. The van der Waals surface area contributed by atoms with E-state index in [1.54, 1.807) is 42.2 Å². The van der Waals surface area contributed by atoms with E-state index in [4.69, 9.17) is 4.74 Å². The normalized spacial score (nSPS) is 20.1. The van der Waals surface area contributed by atoms with Crippen LogP contribution in [0.15, 0.2) is 59.5 Å². The van der Waals surface area contributed by atoms with Crippen molar-refractivity contribution in [1.29, 1.82) is 5.26 Å². The molecule has 13 heteroatoms. The van der Waals surface area contributed by atoms with Gasteiger partial charge in [0.05, 0.1) is 40.3 Å². The zero-order valence-electron chi connectivity index (χ0n) is 21.6. The quantitative estimate of drug-likeness (QED) is 0.457. The van der Waals surface area contributed by atoms with Gasteiger partial charge >= 0.3 is 6.18 Å². The van der Waals surface area contributed by atoms with Crippen LogP contribution in [0.2, 0.25) is 0 Å². The molecule has 0 radical (unpaired) electrons. The van der Waals surface area contributed by atoms with E-state index in [-0.39, 0.29) is 13.0 Å². The van der Waals surface area contributed by atoms with Crippen molar-refractivity contribution in [2.45, 2.75) is 54.1 Å². The van der Waals surface area contributed by atoms with Gasteiger partial charge in [0.25, 0.3) is 0 Å². The molecule has 3 aromatic rings. The first-order chi connectivity index (χ1) is 18.9. The number of sulfone groups is 1. The third kappa shape index (κ3) is 4.99. The van der Waals surface area contributed by atoms with Crippen LogP contribution in [-0.4, -0.2) is 54.6 Å². The highest BCUT2D eigenvalue weighted by molar-refractivity contribution is 7.92. The van der Waals surface area contributed by atoms with Crippen LogP contribution in [0.25, 0.3) is 5.69 Å². The number of benzene rings is 2. The number of ether oxygens (including phenoxy) is 1. The monoisotopic (exact) mass is 573 g/mol. The standard InChI is InChI=1S/C27H26F3N5O4S/c1-17-12-24(35(33-17)18-6-5-7-19(13-18)39-2)34-15-20(14-22(34)25(36)32-26(16-31)10-11-26)40(37,38)23-9-4-3-8-21(23)27(28,29)30/h3-9,12-13,20,22H,10-11,14-15H2,1-2H3,(H,32,36)/t20-,22+/m1/s1. The molecule has 2 atom stereocenters. The third-order valence-corrected chi connectivity index (χ3v) is 9.42. The Hall–Kier alpha value is -4.05. The van der Waals surface area contributed by atoms with E-state index >= 15 is 0 Å². The average molecular weight is 574 g/mol. The number of carbonyl (C=O) groups excluding carboxylic acids is 1. The molecule has 1 aromatic heterocycles. The number of anilines is 1. The lowest BCUT2D eigenvalue weighted by Crippen LogP contribution is -2.48. The van der Waals surface area contributed by atoms with Gasteiger partial charge in [-0.1, -0.05) is 18.2 Å². The van der Waals surface area contributed by atoms with Gasteiger partial charge in [-0.05, 0) is 50.5 Å². The van der Waals surface area contributed by atoms with Gasteiger partial charge in [0.15, 0.2) is 9.84 Å². The van der Waals surface area contributed by atoms with Crippen LogP contribution < -0.4 is 15.0 Å². The molecule has 2 aromatic carbocycles. The van der Waals surface area contributed by atoms with Gasteiger partial charge in [0.1, 0.15) is 23.1 Å². The van der Waals surface area contributed by atoms with Gasteiger partial charge < -0.3 is 15.0 Å². The molecule has 0 bridgehead atoms. The summed E-state index contributed by atoms with van der Waals surface area (Å²) >= 11 is 0. The summed E-state index contributed by atoms with van der Waals surface area (Å²) in [7, 11) is -3.02. The topological polar surface area (TPSA) is 117 Å². The maximum Gasteiger partial charge on any atom is 0.417 e. The zero-order chi connectivity index (χ0) is 28.9. The van der Waals surface area contributed by atoms with E-state index in [0.29, 0.717) is 35.8 Å². The van der Waals surface area contributed by atoms with E-state index in [9.17, 15) is 31.6 Å². The average Bonchev–Trinajstić information content (AvgIpc) is 3.36. The van der Waals surface area contributed by atoms with Gasteiger partial charge in [0, 0.05) is 18.7 Å². The van der Waals surface area contributed by atoms with Crippen molar-refractivity contribution in [3.05, 3.63) is 65.9 Å². The Morgan fingerprint density at radius 3 is 2.55 bits per heavy atom. The molecule has 1 amide bonds. The van der Waals surface area contributed by atoms with Gasteiger partial charge in [-0.15, -0.1) is 0 Å². The highest BCUT2D eigenvalue weighted by atomic mass is 32.2. The Labute approximate surface area is 229 Å². The van der Waals surface area contributed by atoms with Crippen LogP contribution >= 0.6 is 0 Å². The second-order valence-corrected chi connectivity index (χ2v) is 12.2. The number of methoxy groups -OCH3 is 1. The minimum Gasteiger partial charge on any atom is -0.497 e. The summed E-state index contributed by atoms with van der Waals surface area (Å²) < 4.78 is 75.5. The molecule has 0 spiro atoms. The van der Waals surface area contributed by atoms with Crippen LogP contribution in [0, 0.1) is 18.3 Å². The number of nitrogens with zero attached hydrogens (tertiary/aromatic N) is 4. The van der Waals surface area contributed by atoms with Crippen LogP contribution in [0.5, 0.6) is 5.75 Å². The maximum atomic E-state index is 13.8. The summed E-state index contributed by atoms with van der Waals surface area (Å²) in [4.78, 5) is 14.2. The Morgan fingerprint density at radius 1 is 1.18 bits per heavy atom. The van der Waals surface area contributed by atoms with Crippen LogP contribution in [-0.2, 0) is 20.8 Å². The number of nitrogens with one attached hydrogen (secondary N) is 1. The van der Waals surface area contributed by atoms with Gasteiger partial charge in [-0.3, -0.25) is 4.79 Å². The van der Waals surface area contributed by atoms with Crippen LogP contribution in [0.1, 0.15) is 30.5 Å². The second kappa shape index (κ2) is 9.85. The second-order valence-electron chi connectivity index (χ2n) is 10.0. The number of nitriles is 1. The van der Waals surface area contributed by atoms with Crippen LogP contribution in [0.4, 0.5) is 19.0 Å². The van der Waals surface area contributed by atoms with Crippen molar-refractivity contribution >= 4 is 21.6 Å². The molecular weight excluding hydrogens is 547 g/mol. The number of hydrogen-bond acceptors (Lipinski definition) is 7. The fraction of sp³-hybridized carbons (Fsp3) is 0.370. The Balaban J connectivity index is 1.58. The zero-order valence-corrected chi connectivity index (χ0v) is 22.5. The number of aryl methyl sites for hydroxylation is 1. The van der Waals surface area contributed by atoms with Gasteiger partial charge in [-0.25, -0.2) is 13.1 Å². The molecule has 1 saturated carbocycles. The minimum atomic E-state index is -4.88. The number of halogens is 3. The highest BCUT2D eigenvalue weighted by Crippen LogP contribution is 2.40. The predicted octanol–water partition coefficient (Wildman–Crippen LogP) is 3.80. The molecule has 40 heavy (non-hydrogen) atoms. The third-order valence-electron chi connectivity index (χ3n) is 7.23. The first kappa shape index (κ1) is 27.5. The Morgan fingerprint density at radius 2 is 1.90 bits per heavy atom. The summed E-state index contributed by atoms with van der Waals surface area (Å²) in [6.07, 6.45) is -4.23. The number of carbonyl (C=O) groups is 1. The minimum absolute atomic E-state index is 0.263. The molecule has 210 valence electrons. The summed E-state index contributed by atoms with van der Waals surface area (Å²) in [6, 6.07) is 13.7. The van der Waals surface area contributed by atoms with E-state index in [2.05, 4.69) is 16.5 Å².